The molecule has 9 heteroatoms. The summed E-state index contributed by atoms with van der Waals surface area (Å²) in [6, 6.07) is 7.79. The van der Waals surface area contributed by atoms with Crippen LogP contribution in [0.15, 0.2) is 39.3 Å². The first kappa shape index (κ1) is 19.7. The summed E-state index contributed by atoms with van der Waals surface area (Å²) in [5.41, 5.74) is 2.50. The van der Waals surface area contributed by atoms with E-state index in [0.29, 0.717) is 17.1 Å². The third-order valence-electron chi connectivity index (χ3n) is 4.68. The molecule has 7 nitrogen and oxygen atoms in total. The number of nitrogens with zero attached hydrogens (tertiary/aromatic N) is 5. The summed E-state index contributed by atoms with van der Waals surface area (Å²) in [6.07, 6.45) is 0. The van der Waals surface area contributed by atoms with E-state index in [-0.39, 0.29) is 5.78 Å². The first-order valence-electron chi connectivity index (χ1n) is 9.25. The Balaban J connectivity index is 1.54. The number of thiophene rings is 1. The number of aromatic nitrogens is 5. The summed E-state index contributed by atoms with van der Waals surface area (Å²) in [7, 11) is 0. The van der Waals surface area contributed by atoms with Crippen LogP contribution in [0, 0.1) is 20.8 Å². The van der Waals surface area contributed by atoms with Crippen molar-refractivity contribution in [3.63, 3.8) is 0 Å². The summed E-state index contributed by atoms with van der Waals surface area (Å²) in [4.78, 5) is 14.0. The molecule has 4 heterocycles. The van der Waals surface area contributed by atoms with Crippen LogP contribution in [-0.4, -0.2) is 36.0 Å². The molecular weight excluding hydrogens is 406 g/mol. The summed E-state index contributed by atoms with van der Waals surface area (Å²) in [5.74, 6) is 2.62. The zero-order valence-electron chi connectivity index (χ0n) is 16.7. The van der Waals surface area contributed by atoms with E-state index < -0.39 is 0 Å². The minimum Gasteiger partial charge on any atom is -0.360 e. The Morgan fingerprint density at radius 3 is 2.72 bits per heavy atom. The van der Waals surface area contributed by atoms with E-state index in [4.69, 9.17) is 4.52 Å². The van der Waals surface area contributed by atoms with E-state index in [1.165, 1.54) is 11.8 Å². The lowest BCUT2D eigenvalue weighted by Crippen LogP contribution is -2.07. The van der Waals surface area contributed by atoms with Crippen molar-refractivity contribution >= 4 is 28.9 Å². The molecule has 4 rings (SSSR count). The molecule has 0 atom stereocenters. The van der Waals surface area contributed by atoms with Crippen LogP contribution in [0.4, 0.5) is 0 Å². The Morgan fingerprint density at radius 1 is 1.24 bits per heavy atom. The second-order valence-corrected chi connectivity index (χ2v) is 8.55. The van der Waals surface area contributed by atoms with E-state index in [1.807, 2.05) is 59.6 Å². The highest BCUT2D eigenvalue weighted by atomic mass is 32.2. The Kier molecular flexibility index (Phi) is 5.42. The molecule has 29 heavy (non-hydrogen) atoms. The highest BCUT2D eigenvalue weighted by Crippen LogP contribution is 2.28. The molecule has 4 aromatic heterocycles. The summed E-state index contributed by atoms with van der Waals surface area (Å²) >= 11 is 3.05. The van der Waals surface area contributed by atoms with Gasteiger partial charge in [-0.05, 0) is 45.2 Å². The van der Waals surface area contributed by atoms with Gasteiger partial charge in [-0.15, -0.1) is 21.5 Å². The van der Waals surface area contributed by atoms with Gasteiger partial charge in [0.15, 0.2) is 22.6 Å². The lowest BCUT2D eigenvalue weighted by Gasteiger charge is -2.06. The molecule has 0 unspecified atom stereocenters. The van der Waals surface area contributed by atoms with Crippen LogP contribution in [0.25, 0.3) is 16.5 Å². The van der Waals surface area contributed by atoms with Crippen molar-refractivity contribution in [2.75, 3.05) is 5.75 Å². The molecular formula is C20H21N5O2S2. The van der Waals surface area contributed by atoms with E-state index in [9.17, 15) is 4.79 Å². The molecule has 150 valence electrons. The number of rotatable bonds is 7. The fourth-order valence-corrected chi connectivity index (χ4v) is 4.94. The number of carbonyl (C=O) groups excluding carboxylic acids is 1. The zero-order chi connectivity index (χ0) is 20.5. The van der Waals surface area contributed by atoms with Gasteiger partial charge in [-0.2, -0.15) is 0 Å². The van der Waals surface area contributed by atoms with Crippen molar-refractivity contribution in [1.29, 1.82) is 0 Å². The van der Waals surface area contributed by atoms with Crippen molar-refractivity contribution in [3.05, 3.63) is 52.4 Å². The monoisotopic (exact) mass is 427 g/mol. The fraction of sp³-hybridized carbons (Fsp3) is 0.300. The third kappa shape index (κ3) is 3.67. The van der Waals surface area contributed by atoms with Crippen LogP contribution in [0.5, 0.6) is 0 Å². The van der Waals surface area contributed by atoms with E-state index in [0.717, 1.165) is 39.6 Å². The largest absolute Gasteiger partial charge is 0.360 e. The maximum atomic E-state index is 12.9. The predicted molar refractivity (Wildman–Crippen MR) is 114 cm³/mol. The fourth-order valence-electron chi connectivity index (χ4n) is 3.33. The molecule has 0 aliphatic rings. The summed E-state index contributed by atoms with van der Waals surface area (Å²) in [5, 5.41) is 15.5. The molecule has 0 bridgehead atoms. The van der Waals surface area contributed by atoms with Gasteiger partial charge < -0.3 is 9.09 Å². The number of aryl methyl sites for hydroxylation is 2. The quantitative estimate of drug-likeness (QED) is 0.314. The summed E-state index contributed by atoms with van der Waals surface area (Å²) < 4.78 is 9.17. The molecule has 0 saturated heterocycles. The second-order valence-electron chi connectivity index (χ2n) is 6.66. The lowest BCUT2D eigenvalue weighted by molar-refractivity contribution is 0.102. The highest BCUT2D eigenvalue weighted by molar-refractivity contribution is 7.99. The number of carbonyl (C=O) groups is 1. The lowest BCUT2D eigenvalue weighted by atomic mass is 10.2. The van der Waals surface area contributed by atoms with Crippen molar-refractivity contribution in [2.45, 2.75) is 39.4 Å². The van der Waals surface area contributed by atoms with Crippen LogP contribution >= 0.6 is 23.1 Å². The summed E-state index contributed by atoms with van der Waals surface area (Å²) in [6.45, 7) is 8.54. The van der Waals surface area contributed by atoms with Gasteiger partial charge in [-0.1, -0.05) is 23.0 Å². The average molecular weight is 428 g/mol. The smallest absolute Gasteiger partial charge is 0.191 e. The van der Waals surface area contributed by atoms with Crippen LogP contribution in [0.3, 0.4) is 0 Å². The Hall–Kier alpha value is -2.65. The highest BCUT2D eigenvalue weighted by Gasteiger charge is 2.20. The number of thioether (sulfide) groups is 1. The number of hydrogen-bond donors (Lipinski definition) is 0. The predicted octanol–water partition coefficient (Wildman–Crippen LogP) is 4.71. The topological polar surface area (TPSA) is 78.7 Å². The minimum absolute atomic E-state index is 0.0536. The maximum Gasteiger partial charge on any atom is 0.191 e. The molecule has 0 radical (unpaired) electrons. The van der Waals surface area contributed by atoms with Gasteiger partial charge in [-0.25, -0.2) is 0 Å². The van der Waals surface area contributed by atoms with Crippen LogP contribution < -0.4 is 0 Å². The first-order valence-corrected chi connectivity index (χ1v) is 11.1. The van der Waals surface area contributed by atoms with E-state index in [1.54, 1.807) is 11.3 Å². The molecule has 0 fully saturated rings. The van der Waals surface area contributed by atoms with Crippen molar-refractivity contribution in [1.82, 2.24) is 24.5 Å². The van der Waals surface area contributed by atoms with E-state index in [2.05, 4.69) is 22.3 Å². The Labute approximate surface area is 176 Å². The SMILES string of the molecule is CCn1c(SCC(=O)c2cc(C)n(-c3cc(C)on3)c2C)nnc1-c1cccs1. The van der Waals surface area contributed by atoms with Gasteiger partial charge in [0.1, 0.15) is 5.76 Å². The van der Waals surface area contributed by atoms with Crippen LogP contribution in [0.1, 0.15) is 34.4 Å². The number of ketones is 1. The molecule has 0 N–H and O–H groups in total. The van der Waals surface area contributed by atoms with Gasteiger partial charge in [0.25, 0.3) is 0 Å². The maximum absolute atomic E-state index is 12.9. The molecule has 0 aliphatic heterocycles. The van der Waals surface area contributed by atoms with Crippen molar-refractivity contribution in [2.24, 2.45) is 0 Å². The third-order valence-corrected chi connectivity index (χ3v) is 6.52. The normalized spacial score (nSPS) is 11.3. The number of hydrogen-bond acceptors (Lipinski definition) is 7. The zero-order valence-corrected chi connectivity index (χ0v) is 18.3. The van der Waals surface area contributed by atoms with Crippen LogP contribution in [-0.2, 0) is 6.54 Å². The van der Waals surface area contributed by atoms with Gasteiger partial charge in [0.2, 0.25) is 0 Å². The van der Waals surface area contributed by atoms with Gasteiger partial charge in [-0.3, -0.25) is 9.36 Å². The van der Waals surface area contributed by atoms with Gasteiger partial charge in [0, 0.05) is 29.6 Å². The second kappa shape index (κ2) is 8.00. The minimum atomic E-state index is 0.0536. The molecule has 0 aromatic carbocycles. The Bertz CT molecular complexity index is 1150. The first-order chi connectivity index (χ1) is 14.0. The van der Waals surface area contributed by atoms with Crippen molar-refractivity contribution < 1.29 is 9.32 Å². The number of Topliss-reactive ketones (excluding diaryl/α,β-unsaturated/α-hetero) is 1. The average Bonchev–Trinajstić information content (AvgIpc) is 3.47. The van der Waals surface area contributed by atoms with E-state index >= 15 is 0 Å². The van der Waals surface area contributed by atoms with Gasteiger partial charge in [0.05, 0.1) is 10.6 Å². The van der Waals surface area contributed by atoms with Crippen LogP contribution in [0.2, 0.25) is 0 Å². The molecule has 0 spiro atoms. The van der Waals surface area contributed by atoms with Gasteiger partial charge >= 0.3 is 0 Å². The molecule has 0 aliphatic carbocycles. The standard InChI is InChI=1S/C20H21N5O2S2/c1-5-24-19(17-7-6-8-28-17)21-22-20(24)29-11-16(26)15-9-12(2)25(14(15)4)18-10-13(3)27-23-18/h6-10H,5,11H2,1-4H3. The Morgan fingerprint density at radius 2 is 2.07 bits per heavy atom. The molecule has 0 saturated carbocycles. The molecule has 0 amide bonds. The molecule has 4 aromatic rings. The van der Waals surface area contributed by atoms with Crippen molar-refractivity contribution in [3.8, 4) is 16.5 Å².